The lowest BCUT2D eigenvalue weighted by Gasteiger charge is -2.20. The summed E-state index contributed by atoms with van der Waals surface area (Å²) in [7, 11) is 5.57. The standard InChI is InChI=1S/C18H21N3O3S.ClH/c1-12-7-8-13(23-4)15-16(12)25-18(19-15)21(10-9-20(2)3)17(22)14-6-5-11-24-14;/h5-8,11H,9-10H2,1-4H3;1H. The predicted octanol–water partition coefficient (Wildman–Crippen LogP) is 3.84. The third-order valence-corrected chi connectivity index (χ3v) is 5.10. The first-order valence-corrected chi connectivity index (χ1v) is 8.77. The van der Waals surface area contributed by atoms with Gasteiger partial charge in [-0.05, 0) is 44.8 Å². The van der Waals surface area contributed by atoms with Crippen LogP contribution >= 0.6 is 23.7 Å². The van der Waals surface area contributed by atoms with E-state index in [1.54, 1.807) is 24.1 Å². The van der Waals surface area contributed by atoms with Crippen molar-refractivity contribution in [1.29, 1.82) is 0 Å². The van der Waals surface area contributed by atoms with Crippen LogP contribution in [0.5, 0.6) is 5.75 Å². The molecule has 3 aromatic rings. The number of amides is 1. The van der Waals surface area contributed by atoms with Crippen molar-refractivity contribution >= 4 is 45.0 Å². The quantitative estimate of drug-likeness (QED) is 0.634. The summed E-state index contributed by atoms with van der Waals surface area (Å²) in [6.45, 7) is 3.27. The molecule has 26 heavy (non-hydrogen) atoms. The lowest BCUT2D eigenvalue weighted by Crippen LogP contribution is -2.36. The minimum Gasteiger partial charge on any atom is -0.494 e. The van der Waals surface area contributed by atoms with E-state index in [9.17, 15) is 4.79 Å². The molecule has 8 heteroatoms. The summed E-state index contributed by atoms with van der Waals surface area (Å²) in [5.41, 5.74) is 1.89. The van der Waals surface area contributed by atoms with Gasteiger partial charge in [0.25, 0.3) is 5.91 Å². The zero-order chi connectivity index (χ0) is 18.0. The van der Waals surface area contributed by atoms with Crippen LogP contribution in [-0.2, 0) is 0 Å². The van der Waals surface area contributed by atoms with Crippen LogP contribution in [0.4, 0.5) is 5.13 Å². The average Bonchev–Trinajstić information content (AvgIpc) is 3.25. The Balaban J connectivity index is 0.00000243. The van der Waals surface area contributed by atoms with Crippen LogP contribution in [0.25, 0.3) is 10.2 Å². The molecule has 2 aromatic heterocycles. The molecule has 0 saturated carbocycles. The summed E-state index contributed by atoms with van der Waals surface area (Å²) in [5, 5.41) is 0.644. The number of aryl methyl sites for hydroxylation is 1. The number of nitrogens with zero attached hydrogens (tertiary/aromatic N) is 3. The van der Waals surface area contributed by atoms with E-state index in [0.29, 0.717) is 23.2 Å². The summed E-state index contributed by atoms with van der Waals surface area (Å²) in [6.07, 6.45) is 1.50. The molecule has 0 aliphatic heterocycles. The monoisotopic (exact) mass is 395 g/mol. The van der Waals surface area contributed by atoms with Crippen molar-refractivity contribution in [2.45, 2.75) is 6.92 Å². The minimum atomic E-state index is -0.192. The molecule has 0 unspecified atom stereocenters. The molecule has 1 aromatic carbocycles. The fourth-order valence-electron chi connectivity index (χ4n) is 2.50. The number of furan rings is 1. The maximum atomic E-state index is 12.9. The largest absolute Gasteiger partial charge is 0.494 e. The minimum absolute atomic E-state index is 0. The van der Waals surface area contributed by atoms with E-state index >= 15 is 0 Å². The van der Waals surface area contributed by atoms with Crippen LogP contribution < -0.4 is 9.64 Å². The average molecular weight is 396 g/mol. The highest BCUT2D eigenvalue weighted by Crippen LogP contribution is 2.36. The zero-order valence-corrected chi connectivity index (χ0v) is 16.8. The molecule has 0 radical (unpaired) electrons. The fourth-order valence-corrected chi connectivity index (χ4v) is 3.57. The molecular weight excluding hydrogens is 374 g/mol. The van der Waals surface area contributed by atoms with Gasteiger partial charge in [-0.15, -0.1) is 12.4 Å². The molecule has 3 rings (SSSR count). The number of hydrogen-bond acceptors (Lipinski definition) is 6. The second-order valence-electron chi connectivity index (χ2n) is 6.00. The van der Waals surface area contributed by atoms with Gasteiger partial charge in [0.05, 0.1) is 18.1 Å². The van der Waals surface area contributed by atoms with Crippen LogP contribution in [0.15, 0.2) is 34.9 Å². The number of halogens is 1. The van der Waals surface area contributed by atoms with Crippen molar-refractivity contribution in [3.8, 4) is 5.75 Å². The first kappa shape index (κ1) is 20.2. The summed E-state index contributed by atoms with van der Waals surface area (Å²) in [6, 6.07) is 7.29. The molecule has 0 N–H and O–H groups in total. The van der Waals surface area contributed by atoms with Crippen LogP contribution in [0, 0.1) is 6.92 Å². The number of carbonyl (C=O) groups is 1. The molecule has 0 bridgehead atoms. The number of aromatic nitrogens is 1. The Morgan fingerprint density at radius 1 is 1.27 bits per heavy atom. The van der Waals surface area contributed by atoms with Gasteiger partial charge in [-0.2, -0.15) is 0 Å². The number of benzene rings is 1. The number of anilines is 1. The highest BCUT2D eigenvalue weighted by molar-refractivity contribution is 7.22. The summed E-state index contributed by atoms with van der Waals surface area (Å²) in [5.74, 6) is 0.824. The Bertz CT molecular complexity index is 877. The Hall–Kier alpha value is -2.09. The number of carbonyl (C=O) groups excluding carboxylic acids is 1. The molecule has 0 fully saturated rings. The van der Waals surface area contributed by atoms with Gasteiger partial charge < -0.3 is 14.1 Å². The van der Waals surface area contributed by atoms with Gasteiger partial charge in [0, 0.05) is 13.1 Å². The van der Waals surface area contributed by atoms with Crippen molar-refractivity contribution in [2.24, 2.45) is 0 Å². The predicted molar refractivity (Wildman–Crippen MR) is 107 cm³/mol. The maximum absolute atomic E-state index is 12.9. The highest BCUT2D eigenvalue weighted by atomic mass is 35.5. The third kappa shape index (κ3) is 4.00. The Morgan fingerprint density at radius 3 is 2.65 bits per heavy atom. The maximum Gasteiger partial charge on any atom is 0.295 e. The van der Waals surface area contributed by atoms with Crippen molar-refractivity contribution in [3.05, 3.63) is 41.9 Å². The second kappa shape index (κ2) is 8.53. The van der Waals surface area contributed by atoms with Crippen molar-refractivity contribution < 1.29 is 13.9 Å². The van der Waals surface area contributed by atoms with Gasteiger partial charge in [-0.3, -0.25) is 9.69 Å². The van der Waals surface area contributed by atoms with Crippen LogP contribution in [0.3, 0.4) is 0 Å². The highest BCUT2D eigenvalue weighted by Gasteiger charge is 2.24. The molecule has 0 saturated heterocycles. The van der Waals surface area contributed by atoms with E-state index in [0.717, 1.165) is 22.3 Å². The second-order valence-corrected chi connectivity index (χ2v) is 6.97. The molecule has 0 atom stereocenters. The van der Waals surface area contributed by atoms with Crippen molar-refractivity contribution in [1.82, 2.24) is 9.88 Å². The molecular formula is C18H22ClN3O3S. The number of methoxy groups -OCH3 is 1. The van der Waals surface area contributed by atoms with Gasteiger partial charge in [0.15, 0.2) is 10.9 Å². The zero-order valence-electron chi connectivity index (χ0n) is 15.2. The van der Waals surface area contributed by atoms with E-state index in [-0.39, 0.29) is 18.3 Å². The summed E-state index contributed by atoms with van der Waals surface area (Å²) >= 11 is 1.49. The number of thiazole rings is 1. The first-order chi connectivity index (χ1) is 12.0. The lowest BCUT2D eigenvalue weighted by molar-refractivity contribution is 0.0958. The van der Waals surface area contributed by atoms with Crippen LogP contribution in [0.2, 0.25) is 0 Å². The summed E-state index contributed by atoms with van der Waals surface area (Å²) in [4.78, 5) is 21.3. The van der Waals surface area contributed by atoms with Crippen molar-refractivity contribution in [3.63, 3.8) is 0 Å². The normalized spacial score (nSPS) is 10.8. The summed E-state index contributed by atoms with van der Waals surface area (Å²) < 4.78 is 11.7. The van der Waals surface area contributed by atoms with Crippen molar-refractivity contribution in [2.75, 3.05) is 39.2 Å². The molecule has 0 aliphatic rings. The number of ether oxygens (including phenoxy) is 1. The lowest BCUT2D eigenvalue weighted by atomic mass is 10.2. The van der Waals surface area contributed by atoms with E-state index in [4.69, 9.17) is 14.1 Å². The molecule has 2 heterocycles. The van der Waals surface area contributed by atoms with Crippen LogP contribution in [0.1, 0.15) is 16.1 Å². The number of rotatable bonds is 6. The number of hydrogen-bond donors (Lipinski definition) is 0. The van der Waals surface area contributed by atoms with Gasteiger partial charge in [-0.1, -0.05) is 17.4 Å². The molecule has 0 spiro atoms. The fraction of sp³-hybridized carbons (Fsp3) is 0.333. The third-order valence-electron chi connectivity index (χ3n) is 3.89. The molecule has 140 valence electrons. The Kier molecular flexibility index (Phi) is 6.63. The van der Waals surface area contributed by atoms with Gasteiger partial charge in [-0.25, -0.2) is 4.98 Å². The number of fused-ring (bicyclic) bond motifs is 1. The SMILES string of the molecule is COc1ccc(C)c2sc(N(CCN(C)C)C(=O)c3ccco3)nc12.Cl. The van der Waals surface area contributed by atoms with Gasteiger partial charge in [0.1, 0.15) is 11.3 Å². The molecule has 1 amide bonds. The van der Waals surface area contributed by atoms with Gasteiger partial charge >= 0.3 is 0 Å². The topological polar surface area (TPSA) is 58.8 Å². The Labute approximate surface area is 162 Å². The van der Waals surface area contributed by atoms with E-state index in [1.807, 2.05) is 38.1 Å². The van der Waals surface area contributed by atoms with Gasteiger partial charge in [0.2, 0.25) is 0 Å². The Morgan fingerprint density at radius 2 is 2.04 bits per heavy atom. The molecule has 0 aliphatic carbocycles. The molecule has 6 nitrogen and oxygen atoms in total. The van der Waals surface area contributed by atoms with Crippen LogP contribution in [-0.4, -0.2) is 50.1 Å². The number of likely N-dealkylation sites (N-methyl/N-ethyl adjacent to an activating group) is 1. The first-order valence-electron chi connectivity index (χ1n) is 7.95. The van der Waals surface area contributed by atoms with E-state index < -0.39 is 0 Å². The smallest absolute Gasteiger partial charge is 0.295 e. The van der Waals surface area contributed by atoms with E-state index in [1.165, 1.54) is 17.6 Å². The van der Waals surface area contributed by atoms with E-state index in [2.05, 4.69) is 0 Å².